The van der Waals surface area contributed by atoms with Crippen molar-refractivity contribution in [2.45, 2.75) is 386 Å². The van der Waals surface area contributed by atoms with Crippen LogP contribution in [-0.4, -0.2) is 37.2 Å². The molecule has 0 aromatic heterocycles. The van der Waals surface area contributed by atoms with E-state index in [4.69, 9.17) is 14.2 Å². The summed E-state index contributed by atoms with van der Waals surface area (Å²) < 4.78 is 17.0. The first kappa shape index (κ1) is 78.1. The lowest BCUT2D eigenvalue weighted by atomic mass is 10.0. The molecule has 0 aliphatic heterocycles. The van der Waals surface area contributed by atoms with Gasteiger partial charge in [0.2, 0.25) is 0 Å². The molecule has 0 aliphatic carbocycles. The van der Waals surface area contributed by atoms with E-state index in [0.29, 0.717) is 19.3 Å². The maximum atomic E-state index is 13.0. The molecule has 6 nitrogen and oxygen atoms in total. The fraction of sp³-hybridized carbons (Fsp3) is 0.827. The minimum absolute atomic E-state index is 0.0750. The fourth-order valence-electron chi connectivity index (χ4n) is 10.6. The molecule has 0 bridgehead atoms. The Morgan fingerprint density at radius 3 is 0.765 bits per heavy atom. The van der Waals surface area contributed by atoms with Crippen molar-refractivity contribution in [3.63, 3.8) is 0 Å². The molecule has 0 rings (SSSR count). The number of rotatable bonds is 66. The van der Waals surface area contributed by atoms with Gasteiger partial charge in [-0.05, 0) is 103 Å². The summed E-state index contributed by atoms with van der Waals surface area (Å²) in [6.45, 7) is 6.58. The monoisotopic (exact) mass is 1130 g/mol. The van der Waals surface area contributed by atoms with Gasteiger partial charge in [-0.3, -0.25) is 14.4 Å². The first-order valence-electron chi connectivity index (χ1n) is 35.8. The number of ether oxygens (including phenoxy) is 3. The predicted octanol–water partition coefficient (Wildman–Crippen LogP) is 24.7. The van der Waals surface area contributed by atoms with Gasteiger partial charge in [0.05, 0.1) is 0 Å². The highest BCUT2D eigenvalue weighted by atomic mass is 16.6. The number of carbonyl (C=O) groups is 3. The van der Waals surface area contributed by atoms with Crippen LogP contribution in [0.5, 0.6) is 0 Å². The van der Waals surface area contributed by atoms with Gasteiger partial charge in [0.25, 0.3) is 0 Å². The zero-order chi connectivity index (χ0) is 58.5. The van der Waals surface area contributed by atoms with Gasteiger partial charge in [0, 0.05) is 19.3 Å². The fourth-order valence-corrected chi connectivity index (χ4v) is 10.6. The number of unbranched alkanes of at least 4 members (excludes halogenated alkanes) is 45. The molecule has 81 heavy (non-hydrogen) atoms. The van der Waals surface area contributed by atoms with Gasteiger partial charge in [-0.15, -0.1) is 0 Å². The third kappa shape index (κ3) is 67.8. The average molecular weight is 1130 g/mol. The minimum Gasteiger partial charge on any atom is -0.462 e. The molecule has 0 saturated heterocycles. The van der Waals surface area contributed by atoms with E-state index in [1.54, 1.807) is 0 Å². The second kappa shape index (κ2) is 69.6. The Balaban J connectivity index is 4.28. The Morgan fingerprint density at radius 1 is 0.259 bits per heavy atom. The quantitative estimate of drug-likeness (QED) is 0.0261. The van der Waals surface area contributed by atoms with E-state index >= 15 is 0 Å². The predicted molar refractivity (Wildman–Crippen MR) is 353 cm³/mol. The van der Waals surface area contributed by atoms with Gasteiger partial charge in [-0.25, -0.2) is 0 Å². The van der Waals surface area contributed by atoms with E-state index in [1.165, 1.54) is 257 Å². The molecule has 0 aromatic carbocycles. The van der Waals surface area contributed by atoms with Crippen LogP contribution >= 0.6 is 0 Å². The second-order valence-corrected chi connectivity index (χ2v) is 24.1. The molecule has 0 saturated carbocycles. The summed E-state index contributed by atoms with van der Waals surface area (Å²) >= 11 is 0. The van der Waals surface area contributed by atoms with Gasteiger partial charge < -0.3 is 14.2 Å². The Kier molecular flexibility index (Phi) is 67.1. The van der Waals surface area contributed by atoms with E-state index in [9.17, 15) is 14.4 Å². The zero-order valence-electron chi connectivity index (χ0n) is 54.3. The third-order valence-electron chi connectivity index (χ3n) is 16.0. The molecule has 0 amide bonds. The van der Waals surface area contributed by atoms with Crippen molar-refractivity contribution in [1.29, 1.82) is 0 Å². The smallest absolute Gasteiger partial charge is 0.306 e. The number of allylic oxidation sites excluding steroid dienone is 10. The molecule has 0 aromatic rings. The summed E-state index contributed by atoms with van der Waals surface area (Å²) in [5.41, 5.74) is 0. The highest BCUT2D eigenvalue weighted by Crippen LogP contribution is 2.18. The topological polar surface area (TPSA) is 78.9 Å². The van der Waals surface area contributed by atoms with Crippen molar-refractivity contribution in [2.75, 3.05) is 13.2 Å². The van der Waals surface area contributed by atoms with Gasteiger partial charge >= 0.3 is 17.9 Å². The van der Waals surface area contributed by atoms with Crippen molar-refractivity contribution in [2.24, 2.45) is 0 Å². The lowest BCUT2D eigenvalue weighted by Gasteiger charge is -2.18. The van der Waals surface area contributed by atoms with Gasteiger partial charge in [0.1, 0.15) is 13.2 Å². The second-order valence-electron chi connectivity index (χ2n) is 24.1. The van der Waals surface area contributed by atoms with Crippen LogP contribution in [0.2, 0.25) is 0 Å². The average Bonchev–Trinajstić information content (AvgIpc) is 3.47. The molecule has 0 heterocycles. The van der Waals surface area contributed by atoms with Gasteiger partial charge in [0.15, 0.2) is 6.10 Å². The molecular weight excluding hydrogens is 997 g/mol. The van der Waals surface area contributed by atoms with Crippen LogP contribution in [-0.2, 0) is 28.6 Å². The minimum atomic E-state index is -0.780. The maximum absolute atomic E-state index is 13.0. The molecule has 0 spiro atoms. The highest BCUT2D eigenvalue weighted by Gasteiger charge is 2.19. The number of hydrogen-bond acceptors (Lipinski definition) is 6. The summed E-state index contributed by atoms with van der Waals surface area (Å²) in [7, 11) is 0. The molecule has 1 atom stereocenters. The summed E-state index contributed by atoms with van der Waals surface area (Å²) in [5, 5.41) is 0. The van der Waals surface area contributed by atoms with Crippen molar-refractivity contribution in [3.8, 4) is 0 Å². The van der Waals surface area contributed by atoms with E-state index < -0.39 is 6.10 Å². The van der Waals surface area contributed by atoms with E-state index in [-0.39, 0.29) is 31.1 Å². The summed E-state index contributed by atoms with van der Waals surface area (Å²) in [5.74, 6) is -0.863. The Bertz CT molecular complexity index is 1440. The first-order valence-corrected chi connectivity index (χ1v) is 35.8. The van der Waals surface area contributed by atoms with Crippen LogP contribution in [0, 0.1) is 0 Å². The number of carbonyl (C=O) groups excluding carboxylic acids is 3. The lowest BCUT2D eigenvalue weighted by Crippen LogP contribution is -2.30. The molecule has 6 heteroatoms. The van der Waals surface area contributed by atoms with Crippen molar-refractivity contribution >= 4 is 17.9 Å². The van der Waals surface area contributed by atoms with Crippen molar-refractivity contribution in [1.82, 2.24) is 0 Å². The van der Waals surface area contributed by atoms with Crippen LogP contribution < -0.4 is 0 Å². The molecular formula is C75H136O6. The SMILES string of the molecule is CC/C=C\C/C=C\C/C=C\CCCCCCCCCC(=O)OCC(COC(=O)CCCCCCCCCCCCCCCCC/C=C\CCCCCCCCCC)OC(=O)CCCCCCCCCCC/C=C\CCCCCCCC. The Labute approximate surface area is 504 Å². The van der Waals surface area contributed by atoms with Crippen molar-refractivity contribution < 1.29 is 28.6 Å². The molecule has 0 fully saturated rings. The van der Waals surface area contributed by atoms with Gasteiger partial charge in [-0.2, -0.15) is 0 Å². The van der Waals surface area contributed by atoms with Crippen LogP contribution in [0.15, 0.2) is 60.8 Å². The molecule has 0 aliphatic rings. The summed E-state index contributed by atoms with van der Waals surface area (Å²) in [4.78, 5) is 38.5. The Morgan fingerprint density at radius 2 is 0.481 bits per heavy atom. The summed E-state index contributed by atoms with van der Waals surface area (Å²) in [6.07, 6.45) is 89.6. The summed E-state index contributed by atoms with van der Waals surface area (Å²) in [6, 6.07) is 0. The van der Waals surface area contributed by atoms with E-state index in [1.807, 2.05) is 0 Å². The maximum Gasteiger partial charge on any atom is 0.306 e. The first-order chi connectivity index (χ1) is 40.0. The number of hydrogen-bond donors (Lipinski definition) is 0. The largest absolute Gasteiger partial charge is 0.462 e. The van der Waals surface area contributed by atoms with Gasteiger partial charge in [-0.1, -0.05) is 319 Å². The van der Waals surface area contributed by atoms with E-state index in [2.05, 4.69) is 81.5 Å². The number of esters is 3. The van der Waals surface area contributed by atoms with Crippen LogP contribution in [0.4, 0.5) is 0 Å². The third-order valence-corrected chi connectivity index (χ3v) is 16.0. The lowest BCUT2D eigenvalue weighted by molar-refractivity contribution is -0.167. The van der Waals surface area contributed by atoms with E-state index in [0.717, 1.165) is 83.5 Å². The molecule has 1 unspecified atom stereocenters. The zero-order valence-corrected chi connectivity index (χ0v) is 54.3. The molecule has 472 valence electrons. The van der Waals surface area contributed by atoms with Crippen molar-refractivity contribution in [3.05, 3.63) is 60.8 Å². The van der Waals surface area contributed by atoms with Crippen LogP contribution in [0.3, 0.4) is 0 Å². The van der Waals surface area contributed by atoms with Crippen LogP contribution in [0.1, 0.15) is 380 Å². The molecule has 0 radical (unpaired) electrons. The highest BCUT2D eigenvalue weighted by molar-refractivity contribution is 5.71. The molecule has 0 N–H and O–H groups in total. The van der Waals surface area contributed by atoms with Crippen LogP contribution in [0.25, 0.3) is 0 Å². The standard InChI is InChI=1S/C75H136O6/c1-4-7-10-13-16-19-22-25-28-31-33-34-35-36-37-38-39-40-42-44-47-50-53-56-59-62-65-68-74(77)80-71-72(70-79-73(76)67-64-61-58-55-52-49-46-43-30-27-24-21-18-15-12-9-6-3)81-75(78)69-66-63-60-57-54-51-48-45-41-32-29-26-23-20-17-14-11-8-5-2/h9,12,18,21,26-27,29-31,33,72H,4-8,10-11,13-17,19-20,22-25,28,32,34-71H2,1-3H3/b12-9-,21-18-,29-26-,30-27-,33-31-. The Hall–Kier alpha value is -2.89. The normalized spacial score (nSPS) is 12.4.